The van der Waals surface area contributed by atoms with Crippen LogP contribution in [0.4, 0.5) is 5.69 Å². The highest BCUT2D eigenvalue weighted by Crippen LogP contribution is 2.57. The molecule has 0 unspecified atom stereocenters. The van der Waals surface area contributed by atoms with E-state index in [1.807, 2.05) is 16.7 Å². The van der Waals surface area contributed by atoms with Gasteiger partial charge in [0.15, 0.2) is 0 Å². The number of aromatic nitrogens is 3. The van der Waals surface area contributed by atoms with Gasteiger partial charge < -0.3 is 9.47 Å². The molecule has 2 aliphatic rings. The summed E-state index contributed by atoms with van der Waals surface area (Å²) in [5, 5.41) is 1.22. The first-order valence-corrected chi connectivity index (χ1v) is 12.0. The Hall–Kier alpha value is -2.49. The Morgan fingerprint density at radius 2 is 2.00 bits per heavy atom. The number of fused-ring (bicyclic) bond motifs is 3. The molecule has 1 amide bonds. The summed E-state index contributed by atoms with van der Waals surface area (Å²) in [6.07, 6.45) is 6.81. The zero-order valence-corrected chi connectivity index (χ0v) is 18.8. The Balaban J connectivity index is 1.55. The number of carbonyl (C=O) groups is 1. The Morgan fingerprint density at radius 1 is 1.23 bits per heavy atom. The molecule has 0 radical (unpaired) electrons. The summed E-state index contributed by atoms with van der Waals surface area (Å²) in [7, 11) is -0.345. The molecule has 5 rings (SSSR count). The number of rotatable bonds is 6. The molecule has 162 valence electrons. The van der Waals surface area contributed by atoms with Gasteiger partial charge in [-0.15, -0.1) is 0 Å². The van der Waals surface area contributed by atoms with Crippen LogP contribution in [-0.4, -0.2) is 53.0 Å². The van der Waals surface area contributed by atoms with Crippen molar-refractivity contribution in [3.8, 4) is 0 Å². The van der Waals surface area contributed by atoms with Crippen LogP contribution in [0.25, 0.3) is 10.9 Å². The predicted molar refractivity (Wildman–Crippen MR) is 119 cm³/mol. The summed E-state index contributed by atoms with van der Waals surface area (Å²) < 4.78 is 27.9. The molecular formula is C21H22ClN5O3S. The lowest BCUT2D eigenvalue weighted by Gasteiger charge is -2.20. The number of pyridine rings is 2. The Morgan fingerprint density at radius 3 is 2.71 bits per heavy atom. The molecule has 1 aliphatic heterocycles. The number of aryl methyl sites for hydroxylation is 1. The number of anilines is 1. The van der Waals surface area contributed by atoms with Crippen molar-refractivity contribution < 1.29 is 13.2 Å². The van der Waals surface area contributed by atoms with Crippen molar-refractivity contribution in [1.82, 2.24) is 18.8 Å². The van der Waals surface area contributed by atoms with E-state index in [4.69, 9.17) is 11.6 Å². The minimum Gasteiger partial charge on any atom is -0.341 e. The largest absolute Gasteiger partial charge is 0.341 e. The fourth-order valence-electron chi connectivity index (χ4n) is 4.39. The number of nitrogens with zero attached hydrogens (tertiary/aromatic N) is 5. The molecule has 4 heterocycles. The number of hydrogen-bond acceptors (Lipinski definition) is 5. The van der Waals surface area contributed by atoms with E-state index in [0.29, 0.717) is 11.7 Å². The predicted octanol–water partition coefficient (Wildman–Crippen LogP) is 2.55. The van der Waals surface area contributed by atoms with Crippen molar-refractivity contribution in [2.45, 2.75) is 31.3 Å². The average molecular weight is 460 g/mol. The monoisotopic (exact) mass is 459 g/mol. The van der Waals surface area contributed by atoms with Crippen LogP contribution in [0.5, 0.6) is 0 Å². The van der Waals surface area contributed by atoms with Crippen LogP contribution in [0.15, 0.2) is 36.8 Å². The van der Waals surface area contributed by atoms with Crippen LogP contribution in [-0.2, 0) is 33.3 Å². The van der Waals surface area contributed by atoms with E-state index in [1.165, 1.54) is 18.4 Å². The molecular weight excluding hydrogens is 438 g/mol. The molecule has 0 atom stereocenters. The first-order valence-electron chi connectivity index (χ1n) is 10.0. The summed E-state index contributed by atoms with van der Waals surface area (Å²) in [6.45, 7) is 0.573. The van der Waals surface area contributed by atoms with Gasteiger partial charge in [-0.2, -0.15) is 0 Å². The minimum absolute atomic E-state index is 0.0601. The second-order valence-electron chi connectivity index (χ2n) is 8.32. The van der Waals surface area contributed by atoms with E-state index >= 15 is 0 Å². The summed E-state index contributed by atoms with van der Waals surface area (Å²) in [4.78, 5) is 23.5. The number of hydrogen-bond donors (Lipinski definition) is 0. The molecule has 0 saturated heterocycles. The molecule has 1 saturated carbocycles. The molecule has 3 aromatic rings. The van der Waals surface area contributed by atoms with Gasteiger partial charge in [-0.05, 0) is 36.6 Å². The summed E-state index contributed by atoms with van der Waals surface area (Å²) in [6, 6.07) is 5.64. The first-order chi connectivity index (χ1) is 14.7. The van der Waals surface area contributed by atoms with Gasteiger partial charge >= 0.3 is 0 Å². The minimum atomic E-state index is -3.39. The van der Waals surface area contributed by atoms with Gasteiger partial charge in [0, 0.05) is 37.9 Å². The second-order valence-corrected chi connectivity index (χ2v) is 11.0. The van der Waals surface area contributed by atoms with Crippen LogP contribution in [0, 0.1) is 0 Å². The normalized spacial score (nSPS) is 17.2. The number of sulfonamides is 1. The van der Waals surface area contributed by atoms with Crippen molar-refractivity contribution >= 4 is 44.1 Å². The molecule has 1 spiro atoms. The van der Waals surface area contributed by atoms with Crippen LogP contribution in [0.3, 0.4) is 0 Å². The van der Waals surface area contributed by atoms with Gasteiger partial charge in [-0.1, -0.05) is 11.6 Å². The quantitative estimate of drug-likeness (QED) is 0.528. The summed E-state index contributed by atoms with van der Waals surface area (Å²) in [5.74, 6) is 0.0273. The smallest absolute Gasteiger partial charge is 0.238 e. The molecule has 1 fully saturated rings. The molecule has 3 aromatic heterocycles. The van der Waals surface area contributed by atoms with E-state index in [9.17, 15) is 13.2 Å². The zero-order chi connectivity index (χ0) is 22.0. The number of carbonyl (C=O) groups excluding carboxylic acids is 1. The van der Waals surface area contributed by atoms with E-state index in [-0.39, 0.29) is 18.2 Å². The first kappa shape index (κ1) is 20.4. The summed E-state index contributed by atoms with van der Waals surface area (Å²) >= 11 is 6.08. The Kier molecular flexibility index (Phi) is 4.62. The maximum atomic E-state index is 13.3. The lowest BCUT2D eigenvalue weighted by Crippen LogP contribution is -2.33. The van der Waals surface area contributed by atoms with Gasteiger partial charge in [-0.25, -0.2) is 17.7 Å². The average Bonchev–Trinajstić information content (AvgIpc) is 3.42. The fourth-order valence-corrected chi connectivity index (χ4v) is 5.34. The second kappa shape index (κ2) is 7.01. The molecule has 1 aliphatic carbocycles. The zero-order valence-electron chi connectivity index (χ0n) is 17.2. The lowest BCUT2D eigenvalue weighted by molar-refractivity contribution is -0.120. The van der Waals surface area contributed by atoms with Gasteiger partial charge in [-0.3, -0.25) is 9.78 Å². The Labute approximate surface area is 185 Å². The SMILES string of the molecule is CN(C)S(=O)(=O)CCn1c(CN2C(=O)C3(CC3)c3ccncc32)cc2cc(Cl)ncc21. The van der Waals surface area contributed by atoms with Crippen LogP contribution in [0.1, 0.15) is 24.1 Å². The van der Waals surface area contributed by atoms with E-state index < -0.39 is 15.4 Å². The molecule has 0 N–H and O–H groups in total. The third-order valence-electron chi connectivity index (χ3n) is 6.30. The van der Waals surface area contributed by atoms with Gasteiger partial charge in [0.25, 0.3) is 0 Å². The molecule has 0 bridgehead atoms. The third-order valence-corrected chi connectivity index (χ3v) is 8.32. The van der Waals surface area contributed by atoms with Crippen LogP contribution >= 0.6 is 11.6 Å². The molecule has 8 nitrogen and oxygen atoms in total. The molecule has 0 aromatic carbocycles. The topological polar surface area (TPSA) is 88.4 Å². The van der Waals surface area contributed by atoms with E-state index in [2.05, 4.69) is 9.97 Å². The standard InChI is InChI=1S/C21H22ClN5O3S/c1-25(2)31(29,30)8-7-26-15(9-14-10-19(22)24-12-17(14)26)13-27-18-11-23-6-3-16(18)21(4-5-21)20(27)28/h3,6,9-12H,4-5,7-8,13H2,1-2H3. The van der Waals surface area contributed by atoms with Crippen LogP contribution < -0.4 is 4.90 Å². The highest BCUT2D eigenvalue weighted by molar-refractivity contribution is 7.89. The summed E-state index contributed by atoms with van der Waals surface area (Å²) in [5.41, 5.74) is 3.07. The third kappa shape index (κ3) is 3.22. The maximum Gasteiger partial charge on any atom is 0.238 e. The van der Waals surface area contributed by atoms with Crippen molar-refractivity contribution in [2.24, 2.45) is 0 Å². The fraction of sp³-hybridized carbons (Fsp3) is 0.381. The van der Waals surface area contributed by atoms with Gasteiger partial charge in [0.2, 0.25) is 15.9 Å². The van der Waals surface area contributed by atoms with E-state index in [1.54, 1.807) is 29.6 Å². The van der Waals surface area contributed by atoms with E-state index in [0.717, 1.165) is 40.7 Å². The lowest BCUT2D eigenvalue weighted by atomic mass is 9.99. The number of halogens is 1. The van der Waals surface area contributed by atoms with Gasteiger partial charge in [0.05, 0.1) is 41.3 Å². The highest BCUT2D eigenvalue weighted by atomic mass is 35.5. The highest BCUT2D eigenvalue weighted by Gasteiger charge is 2.59. The van der Waals surface area contributed by atoms with Crippen molar-refractivity contribution in [2.75, 3.05) is 24.7 Å². The Bertz CT molecular complexity index is 1310. The molecule has 10 heteroatoms. The molecule has 31 heavy (non-hydrogen) atoms. The van der Waals surface area contributed by atoms with Crippen molar-refractivity contribution in [3.05, 3.63) is 53.2 Å². The maximum absolute atomic E-state index is 13.3. The van der Waals surface area contributed by atoms with Gasteiger partial charge in [0.1, 0.15) is 5.15 Å². The van der Waals surface area contributed by atoms with Crippen molar-refractivity contribution in [3.63, 3.8) is 0 Å². The van der Waals surface area contributed by atoms with Crippen LogP contribution in [0.2, 0.25) is 5.15 Å². The number of amides is 1. The van der Waals surface area contributed by atoms with Crippen molar-refractivity contribution in [1.29, 1.82) is 0 Å².